The van der Waals surface area contributed by atoms with Crippen LogP contribution < -0.4 is 0 Å². The van der Waals surface area contributed by atoms with Crippen molar-refractivity contribution in [3.63, 3.8) is 0 Å². The largest absolute Gasteiger partial charge is 0.389 e. The zero-order valence-electron chi connectivity index (χ0n) is 8.45. The van der Waals surface area contributed by atoms with Crippen molar-refractivity contribution in [3.8, 4) is 0 Å². The Kier molecular flexibility index (Phi) is 3.58. The fourth-order valence-corrected chi connectivity index (χ4v) is 1.66. The first-order valence-corrected chi connectivity index (χ1v) is 4.92. The van der Waals surface area contributed by atoms with Gasteiger partial charge >= 0.3 is 0 Å². The average Bonchev–Trinajstić information content (AvgIpc) is 2.19. The molecule has 0 aromatic carbocycles. The van der Waals surface area contributed by atoms with Crippen LogP contribution in [0.3, 0.4) is 0 Å². The molecule has 3 heteroatoms. The van der Waals surface area contributed by atoms with Crippen molar-refractivity contribution in [2.24, 2.45) is 5.41 Å². The Labute approximate surface area is 83.8 Å². The van der Waals surface area contributed by atoms with Crippen LogP contribution in [0.4, 0.5) is 0 Å². The third kappa shape index (κ3) is 2.51. The van der Waals surface area contributed by atoms with Gasteiger partial charge in [0.25, 0.3) is 0 Å². The van der Waals surface area contributed by atoms with Crippen LogP contribution in [0, 0.1) is 5.41 Å². The Morgan fingerprint density at radius 3 is 2.93 bits per heavy atom. The summed E-state index contributed by atoms with van der Waals surface area (Å²) in [5.41, 5.74) is -0.389. The number of rotatable bonds is 4. The number of ketones is 2. The molecule has 0 aromatic heterocycles. The van der Waals surface area contributed by atoms with E-state index in [1.54, 1.807) is 6.08 Å². The summed E-state index contributed by atoms with van der Waals surface area (Å²) in [6, 6.07) is 0. The van der Waals surface area contributed by atoms with Crippen molar-refractivity contribution < 1.29 is 14.7 Å². The summed E-state index contributed by atoms with van der Waals surface area (Å²) in [5, 5.41) is 8.57. The molecule has 14 heavy (non-hydrogen) atoms. The molecule has 0 amide bonds. The molecule has 0 bridgehead atoms. The Morgan fingerprint density at radius 1 is 1.64 bits per heavy atom. The Hall–Kier alpha value is -0.960. The van der Waals surface area contributed by atoms with E-state index in [2.05, 4.69) is 0 Å². The van der Waals surface area contributed by atoms with Crippen LogP contribution in [0.25, 0.3) is 0 Å². The predicted octanol–water partition coefficient (Wildman–Crippen LogP) is 1.25. The second-order valence-corrected chi connectivity index (χ2v) is 4.06. The molecule has 0 unspecified atom stereocenters. The van der Waals surface area contributed by atoms with Crippen molar-refractivity contribution in [2.75, 3.05) is 6.61 Å². The summed E-state index contributed by atoms with van der Waals surface area (Å²) >= 11 is 0. The summed E-state index contributed by atoms with van der Waals surface area (Å²) in [7, 11) is 0. The van der Waals surface area contributed by atoms with Crippen molar-refractivity contribution in [3.05, 3.63) is 12.2 Å². The van der Waals surface area contributed by atoms with Gasteiger partial charge in [-0.3, -0.25) is 9.59 Å². The van der Waals surface area contributed by atoms with E-state index in [-0.39, 0.29) is 17.0 Å². The van der Waals surface area contributed by atoms with Crippen molar-refractivity contribution in [1.82, 2.24) is 0 Å². The molecule has 0 heterocycles. The molecule has 1 aliphatic rings. The van der Waals surface area contributed by atoms with Crippen LogP contribution in [0.1, 0.15) is 32.6 Å². The van der Waals surface area contributed by atoms with Gasteiger partial charge in [-0.05, 0) is 25.3 Å². The van der Waals surface area contributed by atoms with Gasteiger partial charge in [-0.25, -0.2) is 0 Å². The fraction of sp³-hybridized carbons (Fsp3) is 0.636. The van der Waals surface area contributed by atoms with Crippen LogP contribution in [-0.2, 0) is 9.59 Å². The quantitative estimate of drug-likeness (QED) is 0.736. The van der Waals surface area contributed by atoms with Gasteiger partial charge in [-0.2, -0.15) is 0 Å². The molecular weight excluding hydrogens is 180 g/mol. The molecule has 1 aliphatic carbocycles. The lowest BCUT2D eigenvalue weighted by molar-refractivity contribution is -0.126. The van der Waals surface area contributed by atoms with E-state index < -0.39 is 6.61 Å². The van der Waals surface area contributed by atoms with Crippen molar-refractivity contribution in [1.29, 1.82) is 0 Å². The van der Waals surface area contributed by atoms with Crippen molar-refractivity contribution >= 4 is 11.6 Å². The summed E-state index contributed by atoms with van der Waals surface area (Å²) in [6.45, 7) is 1.48. The Bertz CT molecular complexity index is 268. The third-order valence-corrected chi connectivity index (χ3v) is 2.86. The Balaban J connectivity index is 2.53. The van der Waals surface area contributed by atoms with Gasteiger partial charge < -0.3 is 5.11 Å². The zero-order valence-corrected chi connectivity index (χ0v) is 8.45. The van der Waals surface area contributed by atoms with Gasteiger partial charge in [0.05, 0.1) is 0 Å². The maximum absolute atomic E-state index is 11.6. The molecule has 0 aliphatic heterocycles. The van der Waals surface area contributed by atoms with Crippen LogP contribution in [0.15, 0.2) is 12.2 Å². The molecule has 0 spiro atoms. The highest BCUT2D eigenvalue weighted by Crippen LogP contribution is 2.33. The number of aliphatic hydroxyl groups is 1. The molecule has 3 nitrogen and oxygen atoms in total. The van der Waals surface area contributed by atoms with Crippen LogP contribution in [-0.4, -0.2) is 23.3 Å². The van der Waals surface area contributed by atoms with Gasteiger partial charge in [0.1, 0.15) is 6.61 Å². The highest BCUT2D eigenvalue weighted by atomic mass is 16.3. The molecule has 0 radical (unpaired) electrons. The second-order valence-electron chi connectivity index (χ2n) is 4.06. The summed E-state index contributed by atoms with van der Waals surface area (Å²) in [4.78, 5) is 22.5. The van der Waals surface area contributed by atoms with Gasteiger partial charge in [-0.15, -0.1) is 0 Å². The average molecular weight is 196 g/mol. The number of hydrogen-bond acceptors (Lipinski definition) is 3. The molecule has 0 saturated carbocycles. The number of hydrogen-bond donors (Lipinski definition) is 1. The fourth-order valence-electron chi connectivity index (χ4n) is 1.66. The van der Waals surface area contributed by atoms with Crippen LogP contribution in [0.2, 0.25) is 0 Å². The minimum absolute atomic E-state index is 0.106. The second kappa shape index (κ2) is 4.51. The van der Waals surface area contributed by atoms with Gasteiger partial charge in [-0.1, -0.05) is 13.0 Å². The lowest BCUT2D eigenvalue weighted by atomic mass is 9.74. The maximum atomic E-state index is 11.6. The smallest absolute Gasteiger partial charge is 0.161 e. The first kappa shape index (κ1) is 11.1. The van der Waals surface area contributed by atoms with E-state index in [4.69, 9.17) is 5.11 Å². The number of Topliss-reactive ketones (excluding diaryl/α,β-unsaturated/α-hetero) is 1. The molecular formula is C11H16O3. The molecule has 0 saturated heterocycles. The van der Waals surface area contributed by atoms with Crippen molar-refractivity contribution in [2.45, 2.75) is 32.6 Å². The molecule has 78 valence electrons. The summed E-state index contributed by atoms with van der Waals surface area (Å²) < 4.78 is 0. The number of carbonyl (C=O) groups excluding carboxylic acids is 2. The van der Waals surface area contributed by atoms with Gasteiger partial charge in [0.15, 0.2) is 11.6 Å². The molecule has 1 atom stereocenters. The topological polar surface area (TPSA) is 54.4 Å². The third-order valence-electron chi connectivity index (χ3n) is 2.86. The zero-order chi connectivity index (χ0) is 10.6. The van der Waals surface area contributed by atoms with E-state index in [0.717, 1.165) is 12.8 Å². The SMILES string of the molecule is C[C@]1(CCC(=O)CO)CCC=CC1=O. The molecule has 0 fully saturated rings. The minimum atomic E-state index is -0.417. The molecule has 0 aromatic rings. The number of aliphatic hydroxyl groups excluding tert-OH is 1. The van der Waals surface area contributed by atoms with E-state index in [0.29, 0.717) is 12.8 Å². The standard InChI is InChI=1S/C11H16O3/c1-11(7-5-9(13)8-12)6-3-2-4-10(11)14/h2,4,12H,3,5-8H2,1H3/t11-/m1/s1. The monoisotopic (exact) mass is 196 g/mol. The summed E-state index contributed by atoms with van der Waals surface area (Å²) in [5.74, 6) is -0.0805. The normalized spacial score (nSPS) is 26.6. The van der Waals surface area contributed by atoms with E-state index in [9.17, 15) is 9.59 Å². The van der Waals surface area contributed by atoms with E-state index in [1.807, 2.05) is 13.0 Å². The first-order chi connectivity index (χ1) is 6.58. The van der Waals surface area contributed by atoms with Crippen LogP contribution in [0.5, 0.6) is 0 Å². The summed E-state index contributed by atoms with van der Waals surface area (Å²) in [6.07, 6.45) is 6.03. The van der Waals surface area contributed by atoms with Gasteiger partial charge in [0, 0.05) is 11.8 Å². The number of carbonyl (C=O) groups is 2. The predicted molar refractivity (Wildman–Crippen MR) is 52.8 cm³/mol. The van der Waals surface area contributed by atoms with Crippen LogP contribution >= 0.6 is 0 Å². The molecule has 1 N–H and O–H groups in total. The highest BCUT2D eigenvalue weighted by Gasteiger charge is 2.32. The lowest BCUT2D eigenvalue weighted by Gasteiger charge is -2.28. The Morgan fingerprint density at radius 2 is 2.36 bits per heavy atom. The van der Waals surface area contributed by atoms with Gasteiger partial charge in [0.2, 0.25) is 0 Å². The maximum Gasteiger partial charge on any atom is 0.161 e. The molecule has 1 rings (SSSR count). The minimum Gasteiger partial charge on any atom is -0.389 e. The highest BCUT2D eigenvalue weighted by molar-refractivity contribution is 5.95. The van der Waals surface area contributed by atoms with E-state index in [1.165, 1.54) is 0 Å². The lowest BCUT2D eigenvalue weighted by Crippen LogP contribution is -2.29. The first-order valence-electron chi connectivity index (χ1n) is 4.92. The number of allylic oxidation sites excluding steroid dienone is 2. The van der Waals surface area contributed by atoms with E-state index >= 15 is 0 Å².